The average molecular weight is 332 g/mol. The van der Waals surface area contributed by atoms with Gasteiger partial charge in [-0.1, -0.05) is 46.9 Å². The van der Waals surface area contributed by atoms with Gasteiger partial charge in [0, 0.05) is 5.02 Å². The van der Waals surface area contributed by atoms with Crippen molar-refractivity contribution in [1.82, 2.24) is 0 Å². The van der Waals surface area contributed by atoms with Gasteiger partial charge < -0.3 is 9.47 Å². The molecule has 3 nitrogen and oxygen atoms in total. The summed E-state index contributed by atoms with van der Waals surface area (Å²) in [6.07, 6.45) is 0. The summed E-state index contributed by atoms with van der Waals surface area (Å²) in [4.78, 5) is 11.6. The van der Waals surface area contributed by atoms with Gasteiger partial charge in [-0.2, -0.15) is 0 Å². The molecule has 0 aliphatic heterocycles. The Balaban J connectivity index is 1.94. The molecule has 104 valence electrons. The Labute approximate surface area is 131 Å². The largest absolute Gasteiger partial charge is 0.480 e. The molecule has 0 aliphatic rings. The Morgan fingerprint density at radius 2 is 1.70 bits per heavy atom. The zero-order chi connectivity index (χ0) is 14.5. The van der Waals surface area contributed by atoms with Crippen LogP contribution in [-0.4, -0.2) is 12.6 Å². The number of carbonyl (C=O) groups excluding carboxylic acids is 1. The third-order valence-corrected chi connectivity index (χ3v) is 3.14. The summed E-state index contributed by atoms with van der Waals surface area (Å²) in [7, 11) is 0. The molecule has 0 aliphatic carbocycles. The van der Waals surface area contributed by atoms with Crippen LogP contribution in [0.2, 0.25) is 15.1 Å². The van der Waals surface area contributed by atoms with E-state index in [1.807, 2.05) is 0 Å². The molecule has 2 aromatic rings. The third kappa shape index (κ3) is 4.04. The molecule has 0 saturated carbocycles. The van der Waals surface area contributed by atoms with Crippen LogP contribution in [0.3, 0.4) is 0 Å². The molecular formula is C14H9Cl3O3. The maximum absolute atomic E-state index is 11.6. The van der Waals surface area contributed by atoms with Gasteiger partial charge in [0.2, 0.25) is 0 Å². The lowest BCUT2D eigenvalue weighted by Gasteiger charge is -2.09. The first kappa shape index (κ1) is 15.0. The molecule has 2 aromatic carbocycles. The first-order valence-electron chi connectivity index (χ1n) is 5.59. The van der Waals surface area contributed by atoms with Crippen molar-refractivity contribution >= 4 is 40.8 Å². The van der Waals surface area contributed by atoms with Crippen molar-refractivity contribution in [2.45, 2.75) is 0 Å². The van der Waals surface area contributed by atoms with Gasteiger partial charge in [0.25, 0.3) is 0 Å². The molecule has 20 heavy (non-hydrogen) atoms. The van der Waals surface area contributed by atoms with E-state index in [0.717, 1.165) is 0 Å². The van der Waals surface area contributed by atoms with Gasteiger partial charge >= 0.3 is 5.97 Å². The molecule has 2 rings (SSSR count). The van der Waals surface area contributed by atoms with E-state index in [1.54, 1.807) is 36.4 Å². The highest BCUT2D eigenvalue weighted by molar-refractivity contribution is 6.35. The molecule has 0 spiro atoms. The number of ether oxygens (including phenoxy) is 2. The molecule has 0 radical (unpaired) electrons. The van der Waals surface area contributed by atoms with Crippen molar-refractivity contribution in [2.24, 2.45) is 0 Å². The first-order valence-corrected chi connectivity index (χ1v) is 6.72. The maximum Gasteiger partial charge on any atom is 0.349 e. The predicted octanol–water partition coefficient (Wildman–Crippen LogP) is 4.63. The molecule has 0 unspecified atom stereocenters. The Morgan fingerprint density at radius 3 is 2.40 bits per heavy atom. The number of para-hydroxylation sites is 1. The van der Waals surface area contributed by atoms with Crippen molar-refractivity contribution < 1.29 is 14.3 Å². The number of rotatable bonds is 4. The number of carbonyl (C=O) groups is 1. The van der Waals surface area contributed by atoms with E-state index in [-0.39, 0.29) is 12.4 Å². The Bertz CT molecular complexity index is 629. The Hall–Kier alpha value is -1.42. The highest BCUT2D eigenvalue weighted by Gasteiger charge is 2.10. The standard InChI is InChI=1S/C14H9Cl3O3/c15-9-5-6-12(11(17)7-9)19-8-14(18)20-13-4-2-1-3-10(13)16/h1-7H,8H2. The quantitative estimate of drug-likeness (QED) is 0.605. The summed E-state index contributed by atoms with van der Waals surface area (Å²) in [5.41, 5.74) is 0. The molecule has 0 saturated heterocycles. The minimum absolute atomic E-state index is 0.282. The third-order valence-electron chi connectivity index (χ3n) is 2.30. The first-order chi connectivity index (χ1) is 9.56. The number of hydrogen-bond donors (Lipinski definition) is 0. The van der Waals surface area contributed by atoms with Gasteiger partial charge in [-0.3, -0.25) is 0 Å². The van der Waals surface area contributed by atoms with Crippen molar-refractivity contribution in [3.05, 3.63) is 57.5 Å². The average Bonchev–Trinajstić information content (AvgIpc) is 2.40. The van der Waals surface area contributed by atoms with Crippen LogP contribution in [0.5, 0.6) is 11.5 Å². The summed E-state index contributed by atoms with van der Waals surface area (Å²) in [6, 6.07) is 11.4. The van der Waals surface area contributed by atoms with Crippen LogP contribution in [0.4, 0.5) is 0 Å². The van der Waals surface area contributed by atoms with E-state index in [9.17, 15) is 4.79 Å². The summed E-state index contributed by atoms with van der Waals surface area (Å²) in [6.45, 7) is -0.285. The molecule has 0 N–H and O–H groups in total. The molecule has 0 amide bonds. The van der Waals surface area contributed by atoms with Crippen LogP contribution in [0.1, 0.15) is 0 Å². The zero-order valence-electron chi connectivity index (χ0n) is 10.1. The fourth-order valence-corrected chi connectivity index (χ4v) is 2.05. The fraction of sp³-hybridized carbons (Fsp3) is 0.0714. The molecular weight excluding hydrogens is 323 g/mol. The van der Waals surface area contributed by atoms with Gasteiger partial charge in [0.1, 0.15) is 11.5 Å². The van der Waals surface area contributed by atoms with Gasteiger partial charge in [-0.25, -0.2) is 4.79 Å². The highest BCUT2D eigenvalue weighted by atomic mass is 35.5. The van der Waals surface area contributed by atoms with E-state index < -0.39 is 5.97 Å². The van der Waals surface area contributed by atoms with Gasteiger partial charge in [-0.15, -0.1) is 0 Å². The summed E-state index contributed by atoms with van der Waals surface area (Å²) >= 11 is 17.5. The highest BCUT2D eigenvalue weighted by Crippen LogP contribution is 2.27. The number of hydrogen-bond acceptors (Lipinski definition) is 3. The number of benzene rings is 2. The van der Waals surface area contributed by atoms with E-state index in [2.05, 4.69) is 0 Å². The minimum atomic E-state index is -0.580. The van der Waals surface area contributed by atoms with Crippen molar-refractivity contribution in [3.63, 3.8) is 0 Å². The predicted molar refractivity (Wildman–Crippen MR) is 79.0 cm³/mol. The maximum atomic E-state index is 11.6. The minimum Gasteiger partial charge on any atom is -0.480 e. The van der Waals surface area contributed by atoms with Crippen LogP contribution in [0, 0.1) is 0 Å². The Kier molecular flexibility index (Phi) is 5.12. The van der Waals surface area contributed by atoms with Crippen LogP contribution >= 0.6 is 34.8 Å². The topological polar surface area (TPSA) is 35.5 Å². The lowest BCUT2D eigenvalue weighted by molar-refractivity contribution is -0.136. The monoisotopic (exact) mass is 330 g/mol. The number of halogens is 3. The van der Waals surface area contributed by atoms with Crippen molar-refractivity contribution in [2.75, 3.05) is 6.61 Å². The van der Waals surface area contributed by atoms with Crippen LogP contribution in [0.25, 0.3) is 0 Å². The smallest absolute Gasteiger partial charge is 0.349 e. The normalized spacial score (nSPS) is 10.2. The number of esters is 1. The molecule has 0 bridgehead atoms. The molecule has 0 heterocycles. The van der Waals surface area contributed by atoms with E-state index in [1.165, 1.54) is 6.07 Å². The van der Waals surface area contributed by atoms with Gasteiger partial charge in [0.15, 0.2) is 6.61 Å². The van der Waals surface area contributed by atoms with Crippen molar-refractivity contribution in [1.29, 1.82) is 0 Å². The van der Waals surface area contributed by atoms with Crippen LogP contribution < -0.4 is 9.47 Å². The van der Waals surface area contributed by atoms with E-state index in [0.29, 0.717) is 20.8 Å². The molecule has 0 fully saturated rings. The van der Waals surface area contributed by atoms with Crippen LogP contribution in [-0.2, 0) is 4.79 Å². The molecule has 6 heteroatoms. The van der Waals surface area contributed by atoms with Crippen LogP contribution in [0.15, 0.2) is 42.5 Å². The second-order valence-corrected chi connectivity index (χ2v) is 5.02. The summed E-state index contributed by atoms with van der Waals surface area (Å²) in [5.74, 6) is 0.0567. The second kappa shape index (κ2) is 6.84. The van der Waals surface area contributed by atoms with E-state index in [4.69, 9.17) is 44.3 Å². The second-order valence-electron chi connectivity index (χ2n) is 3.77. The molecule has 0 atom stereocenters. The fourth-order valence-electron chi connectivity index (χ4n) is 1.41. The lowest BCUT2D eigenvalue weighted by Crippen LogP contribution is -2.17. The van der Waals surface area contributed by atoms with Crippen molar-refractivity contribution in [3.8, 4) is 11.5 Å². The summed E-state index contributed by atoms with van der Waals surface area (Å²) < 4.78 is 10.3. The lowest BCUT2D eigenvalue weighted by atomic mass is 10.3. The zero-order valence-corrected chi connectivity index (χ0v) is 12.4. The summed E-state index contributed by atoms with van der Waals surface area (Å²) in [5, 5.41) is 1.16. The SMILES string of the molecule is O=C(COc1ccc(Cl)cc1Cl)Oc1ccccc1Cl. The Morgan fingerprint density at radius 1 is 0.950 bits per heavy atom. The molecule has 0 aromatic heterocycles. The van der Waals surface area contributed by atoms with Gasteiger partial charge in [-0.05, 0) is 30.3 Å². The van der Waals surface area contributed by atoms with Gasteiger partial charge in [0.05, 0.1) is 10.0 Å². The van der Waals surface area contributed by atoms with E-state index >= 15 is 0 Å².